The minimum Gasteiger partial charge on any atom is -0.353 e. The van der Waals surface area contributed by atoms with Crippen molar-refractivity contribution in [2.45, 2.75) is 51.1 Å². The molecule has 0 spiro atoms. The van der Waals surface area contributed by atoms with E-state index in [0.29, 0.717) is 19.3 Å². The van der Waals surface area contributed by atoms with Crippen molar-refractivity contribution in [2.75, 3.05) is 11.5 Å². The summed E-state index contributed by atoms with van der Waals surface area (Å²) in [6, 6.07) is -0.0906. The molecule has 1 saturated heterocycles. The highest BCUT2D eigenvalue weighted by Crippen LogP contribution is 2.12. The van der Waals surface area contributed by atoms with Gasteiger partial charge in [0.2, 0.25) is 5.91 Å². The zero-order valence-electron chi connectivity index (χ0n) is 10.3. The second-order valence-corrected chi connectivity index (χ2v) is 7.05. The van der Waals surface area contributed by atoms with Crippen LogP contribution < -0.4 is 11.1 Å². The Bertz CT molecular complexity index is 340. The van der Waals surface area contributed by atoms with Gasteiger partial charge in [0, 0.05) is 18.5 Å². The Kier molecular flexibility index (Phi) is 5.39. The predicted molar refractivity (Wildman–Crippen MR) is 67.3 cm³/mol. The Morgan fingerprint density at radius 2 is 2.00 bits per heavy atom. The highest BCUT2D eigenvalue weighted by atomic mass is 32.2. The number of hydrogen-bond acceptors (Lipinski definition) is 4. The normalized spacial score (nSPS) is 22.0. The second kappa shape index (κ2) is 6.35. The van der Waals surface area contributed by atoms with Gasteiger partial charge in [-0.25, -0.2) is 8.42 Å². The van der Waals surface area contributed by atoms with Crippen LogP contribution in [-0.4, -0.2) is 37.9 Å². The first-order chi connectivity index (χ1) is 7.93. The van der Waals surface area contributed by atoms with E-state index in [2.05, 4.69) is 5.32 Å². The van der Waals surface area contributed by atoms with Crippen LogP contribution in [0.5, 0.6) is 0 Å². The van der Waals surface area contributed by atoms with Gasteiger partial charge in [-0.2, -0.15) is 0 Å². The first-order valence-corrected chi connectivity index (χ1v) is 8.00. The molecule has 6 heteroatoms. The van der Waals surface area contributed by atoms with Crippen LogP contribution in [0.2, 0.25) is 0 Å². The highest BCUT2D eigenvalue weighted by molar-refractivity contribution is 7.91. The summed E-state index contributed by atoms with van der Waals surface area (Å²) in [4.78, 5) is 11.6. The number of nitrogens with one attached hydrogen (secondary N) is 1. The van der Waals surface area contributed by atoms with Crippen LogP contribution in [0.25, 0.3) is 0 Å². The molecule has 1 amide bonds. The van der Waals surface area contributed by atoms with Crippen molar-refractivity contribution in [3.63, 3.8) is 0 Å². The van der Waals surface area contributed by atoms with E-state index in [1.807, 2.05) is 6.92 Å². The molecule has 1 fully saturated rings. The summed E-state index contributed by atoms with van der Waals surface area (Å²) in [5.41, 5.74) is 5.78. The van der Waals surface area contributed by atoms with Crippen LogP contribution in [0.3, 0.4) is 0 Å². The van der Waals surface area contributed by atoms with E-state index in [1.54, 1.807) is 0 Å². The maximum absolute atomic E-state index is 11.6. The van der Waals surface area contributed by atoms with Gasteiger partial charge in [0.25, 0.3) is 0 Å². The first kappa shape index (κ1) is 14.4. The third-order valence-corrected chi connectivity index (χ3v) is 4.74. The molecule has 1 aliphatic heterocycles. The molecular weight excluding hydrogens is 240 g/mol. The second-order valence-electron chi connectivity index (χ2n) is 4.75. The molecule has 0 aliphatic carbocycles. The van der Waals surface area contributed by atoms with Gasteiger partial charge in [0.15, 0.2) is 0 Å². The molecule has 0 radical (unpaired) electrons. The van der Waals surface area contributed by atoms with Crippen molar-refractivity contribution in [3.05, 3.63) is 0 Å². The third kappa shape index (κ3) is 5.50. The SMILES string of the molecule is CCCC(N)CC(=O)NC1CCS(=O)(=O)CC1. The summed E-state index contributed by atoms with van der Waals surface area (Å²) in [7, 11) is -2.86. The van der Waals surface area contributed by atoms with Crippen LogP contribution >= 0.6 is 0 Å². The summed E-state index contributed by atoms with van der Waals surface area (Å²) in [5.74, 6) is 0.299. The maximum atomic E-state index is 11.6. The van der Waals surface area contributed by atoms with Gasteiger partial charge in [0.1, 0.15) is 9.84 Å². The summed E-state index contributed by atoms with van der Waals surface area (Å²) in [6.07, 6.45) is 3.19. The molecule has 0 saturated carbocycles. The molecule has 5 nitrogen and oxygen atoms in total. The number of sulfone groups is 1. The van der Waals surface area contributed by atoms with E-state index in [0.717, 1.165) is 12.8 Å². The molecule has 1 aliphatic rings. The Morgan fingerprint density at radius 3 is 2.53 bits per heavy atom. The number of carbonyl (C=O) groups excluding carboxylic acids is 1. The molecule has 0 aromatic heterocycles. The van der Waals surface area contributed by atoms with Gasteiger partial charge in [-0.1, -0.05) is 13.3 Å². The Labute approximate surface area is 103 Å². The Morgan fingerprint density at radius 1 is 1.41 bits per heavy atom. The lowest BCUT2D eigenvalue weighted by atomic mass is 10.1. The van der Waals surface area contributed by atoms with Crippen LogP contribution in [0.1, 0.15) is 39.0 Å². The molecule has 0 bridgehead atoms. The van der Waals surface area contributed by atoms with Gasteiger partial charge in [0.05, 0.1) is 11.5 Å². The smallest absolute Gasteiger partial charge is 0.221 e. The van der Waals surface area contributed by atoms with E-state index >= 15 is 0 Å². The van der Waals surface area contributed by atoms with Crippen molar-refractivity contribution >= 4 is 15.7 Å². The summed E-state index contributed by atoms with van der Waals surface area (Å²) < 4.78 is 22.4. The van der Waals surface area contributed by atoms with Gasteiger partial charge in [-0.05, 0) is 19.3 Å². The fraction of sp³-hybridized carbons (Fsp3) is 0.909. The molecule has 17 heavy (non-hydrogen) atoms. The molecule has 0 aromatic rings. The summed E-state index contributed by atoms with van der Waals surface area (Å²) >= 11 is 0. The lowest BCUT2D eigenvalue weighted by Crippen LogP contribution is -2.42. The summed E-state index contributed by atoms with van der Waals surface area (Å²) in [6.45, 7) is 2.03. The Balaban J connectivity index is 2.28. The van der Waals surface area contributed by atoms with Gasteiger partial charge in [-0.15, -0.1) is 0 Å². The number of nitrogens with two attached hydrogens (primary N) is 1. The van der Waals surface area contributed by atoms with Crippen LogP contribution in [-0.2, 0) is 14.6 Å². The molecule has 1 atom stereocenters. The number of carbonyl (C=O) groups is 1. The van der Waals surface area contributed by atoms with Crippen LogP contribution in [0.15, 0.2) is 0 Å². The first-order valence-electron chi connectivity index (χ1n) is 6.18. The molecule has 1 rings (SSSR count). The minimum atomic E-state index is -2.86. The average Bonchev–Trinajstić information content (AvgIpc) is 2.21. The van der Waals surface area contributed by atoms with Gasteiger partial charge >= 0.3 is 0 Å². The molecule has 1 unspecified atom stereocenters. The number of rotatable bonds is 5. The highest BCUT2D eigenvalue weighted by Gasteiger charge is 2.24. The molecule has 1 heterocycles. The zero-order valence-corrected chi connectivity index (χ0v) is 11.1. The lowest BCUT2D eigenvalue weighted by molar-refractivity contribution is -0.122. The largest absolute Gasteiger partial charge is 0.353 e. The van der Waals surface area contributed by atoms with Crippen molar-refractivity contribution in [1.29, 1.82) is 0 Å². The monoisotopic (exact) mass is 262 g/mol. The van der Waals surface area contributed by atoms with E-state index in [-0.39, 0.29) is 29.5 Å². The van der Waals surface area contributed by atoms with Crippen LogP contribution in [0.4, 0.5) is 0 Å². The minimum absolute atomic E-state index is 0.000137. The number of amides is 1. The van der Waals surface area contributed by atoms with Crippen LogP contribution in [0, 0.1) is 0 Å². The number of hydrogen-bond donors (Lipinski definition) is 2. The zero-order chi connectivity index (χ0) is 12.9. The molecule has 3 N–H and O–H groups in total. The van der Waals surface area contributed by atoms with E-state index in [1.165, 1.54) is 0 Å². The van der Waals surface area contributed by atoms with Crippen molar-refractivity contribution in [3.8, 4) is 0 Å². The van der Waals surface area contributed by atoms with Crippen molar-refractivity contribution in [1.82, 2.24) is 5.32 Å². The standard InChI is InChI=1S/C11H22N2O3S/c1-2-3-9(12)8-11(14)13-10-4-6-17(15,16)7-5-10/h9-10H,2-8,12H2,1H3,(H,13,14). The molecule has 0 aromatic carbocycles. The van der Waals surface area contributed by atoms with Crippen molar-refractivity contribution < 1.29 is 13.2 Å². The Hall–Kier alpha value is -0.620. The lowest BCUT2D eigenvalue weighted by Gasteiger charge is -2.23. The fourth-order valence-corrected chi connectivity index (χ4v) is 3.52. The molecular formula is C11H22N2O3S. The fourth-order valence-electron chi connectivity index (χ4n) is 2.03. The predicted octanol–water partition coefficient (Wildman–Crippen LogP) is 0.197. The van der Waals surface area contributed by atoms with Gasteiger partial charge < -0.3 is 11.1 Å². The maximum Gasteiger partial charge on any atom is 0.221 e. The van der Waals surface area contributed by atoms with E-state index < -0.39 is 9.84 Å². The topological polar surface area (TPSA) is 89.3 Å². The van der Waals surface area contributed by atoms with E-state index in [4.69, 9.17) is 5.73 Å². The average molecular weight is 262 g/mol. The quantitative estimate of drug-likeness (QED) is 0.740. The van der Waals surface area contributed by atoms with Crippen molar-refractivity contribution in [2.24, 2.45) is 5.73 Å². The van der Waals surface area contributed by atoms with Gasteiger partial charge in [-0.3, -0.25) is 4.79 Å². The third-order valence-electron chi connectivity index (χ3n) is 3.03. The van der Waals surface area contributed by atoms with E-state index in [9.17, 15) is 13.2 Å². The molecule has 100 valence electrons. The summed E-state index contributed by atoms with van der Waals surface area (Å²) in [5, 5.41) is 2.86.